The average molecular weight is 313 g/mol. The summed E-state index contributed by atoms with van der Waals surface area (Å²) in [5.74, 6) is 1.65. The summed E-state index contributed by atoms with van der Waals surface area (Å²) in [6, 6.07) is 11.2. The van der Waals surface area contributed by atoms with E-state index in [1.54, 1.807) is 6.33 Å². The second kappa shape index (κ2) is 7.23. The first-order valence-electron chi connectivity index (χ1n) is 8.47. The van der Waals surface area contributed by atoms with E-state index in [9.17, 15) is 0 Å². The van der Waals surface area contributed by atoms with Crippen molar-refractivity contribution in [3.63, 3.8) is 0 Å². The highest BCUT2D eigenvalue weighted by Crippen LogP contribution is 2.26. The standard InChI is InChI=1S/C18H27N5/c1-15(2)11-23-18(19-14-20-23)13-22-10-9-21(3)12-17(22)16-7-5-4-6-8-16/h4-8,14-15,17H,9-13H2,1-3H3/t17-/m0/s1. The lowest BCUT2D eigenvalue weighted by atomic mass is 10.0. The van der Waals surface area contributed by atoms with E-state index < -0.39 is 0 Å². The van der Waals surface area contributed by atoms with Crippen molar-refractivity contribution >= 4 is 0 Å². The molecule has 0 saturated carbocycles. The monoisotopic (exact) mass is 313 g/mol. The Morgan fingerprint density at radius 2 is 1.96 bits per heavy atom. The Kier molecular flexibility index (Phi) is 5.08. The first-order valence-corrected chi connectivity index (χ1v) is 8.47. The first-order chi connectivity index (χ1) is 11.1. The van der Waals surface area contributed by atoms with Gasteiger partial charge in [-0.25, -0.2) is 9.67 Å². The molecule has 5 nitrogen and oxygen atoms in total. The molecule has 0 N–H and O–H groups in total. The van der Waals surface area contributed by atoms with Crippen molar-refractivity contribution in [1.82, 2.24) is 24.6 Å². The minimum atomic E-state index is 0.416. The molecule has 23 heavy (non-hydrogen) atoms. The van der Waals surface area contributed by atoms with E-state index >= 15 is 0 Å². The normalized spacial score (nSPS) is 20.3. The Bertz CT molecular complexity index is 607. The molecule has 1 saturated heterocycles. The van der Waals surface area contributed by atoms with Gasteiger partial charge in [0.05, 0.1) is 6.54 Å². The highest BCUT2D eigenvalue weighted by atomic mass is 15.4. The molecule has 1 aliphatic rings. The third-order valence-corrected chi connectivity index (χ3v) is 4.46. The topological polar surface area (TPSA) is 37.2 Å². The predicted octanol–water partition coefficient (Wildman–Crippen LogP) is 2.42. The van der Waals surface area contributed by atoms with Crippen molar-refractivity contribution in [2.24, 2.45) is 5.92 Å². The van der Waals surface area contributed by atoms with Gasteiger partial charge in [-0.3, -0.25) is 4.90 Å². The number of hydrogen-bond acceptors (Lipinski definition) is 4. The summed E-state index contributed by atoms with van der Waals surface area (Å²) in [6.45, 7) is 9.44. The number of rotatable bonds is 5. The van der Waals surface area contributed by atoms with Crippen molar-refractivity contribution in [2.45, 2.75) is 33.0 Å². The van der Waals surface area contributed by atoms with Gasteiger partial charge in [-0.15, -0.1) is 0 Å². The van der Waals surface area contributed by atoms with E-state index in [-0.39, 0.29) is 0 Å². The maximum atomic E-state index is 4.51. The summed E-state index contributed by atoms with van der Waals surface area (Å²) in [5.41, 5.74) is 1.38. The summed E-state index contributed by atoms with van der Waals surface area (Å²) in [4.78, 5) is 9.45. The van der Waals surface area contributed by atoms with Crippen molar-refractivity contribution in [3.8, 4) is 0 Å². The van der Waals surface area contributed by atoms with Gasteiger partial charge >= 0.3 is 0 Å². The van der Waals surface area contributed by atoms with Crippen LogP contribution in [0.1, 0.15) is 31.3 Å². The van der Waals surface area contributed by atoms with Crippen LogP contribution in [0, 0.1) is 5.92 Å². The zero-order valence-corrected chi connectivity index (χ0v) is 14.4. The van der Waals surface area contributed by atoms with Gasteiger partial charge in [0.15, 0.2) is 0 Å². The Labute approximate surface area is 138 Å². The van der Waals surface area contributed by atoms with E-state index in [1.807, 2.05) is 0 Å². The van der Waals surface area contributed by atoms with Crippen molar-refractivity contribution < 1.29 is 0 Å². The lowest BCUT2D eigenvalue weighted by Gasteiger charge is -2.40. The van der Waals surface area contributed by atoms with Crippen LogP contribution in [0.4, 0.5) is 0 Å². The number of hydrogen-bond donors (Lipinski definition) is 0. The molecule has 1 aromatic carbocycles. The first kappa shape index (κ1) is 16.1. The summed E-state index contributed by atoms with van der Waals surface area (Å²) in [7, 11) is 2.20. The minimum absolute atomic E-state index is 0.416. The van der Waals surface area contributed by atoms with Gasteiger partial charge in [-0.05, 0) is 18.5 Å². The second-order valence-electron chi connectivity index (χ2n) is 6.91. The molecule has 0 bridgehead atoms. The SMILES string of the molecule is CC(C)Cn1ncnc1CN1CCN(C)C[C@H]1c1ccccc1. The van der Waals surface area contributed by atoms with Gasteiger partial charge in [0.1, 0.15) is 12.2 Å². The van der Waals surface area contributed by atoms with Gasteiger partial charge in [-0.2, -0.15) is 5.10 Å². The average Bonchev–Trinajstić information content (AvgIpc) is 2.96. The number of aromatic nitrogens is 3. The summed E-state index contributed by atoms with van der Waals surface area (Å²) in [5, 5.41) is 4.40. The molecule has 2 aromatic rings. The van der Waals surface area contributed by atoms with Gasteiger partial charge in [0.2, 0.25) is 0 Å². The molecule has 5 heteroatoms. The molecule has 0 amide bonds. The Balaban J connectivity index is 1.78. The van der Waals surface area contributed by atoms with Crippen molar-refractivity contribution in [1.29, 1.82) is 0 Å². The number of likely N-dealkylation sites (N-methyl/N-ethyl adjacent to an activating group) is 1. The fraction of sp³-hybridized carbons (Fsp3) is 0.556. The predicted molar refractivity (Wildman–Crippen MR) is 92.0 cm³/mol. The fourth-order valence-corrected chi connectivity index (χ4v) is 3.23. The molecule has 1 aliphatic heterocycles. The van der Waals surface area contributed by atoms with Crippen molar-refractivity contribution in [2.75, 3.05) is 26.7 Å². The third-order valence-electron chi connectivity index (χ3n) is 4.46. The van der Waals surface area contributed by atoms with Crippen LogP contribution in [0.5, 0.6) is 0 Å². The van der Waals surface area contributed by atoms with Gasteiger partial charge in [0, 0.05) is 32.2 Å². The minimum Gasteiger partial charge on any atom is -0.303 e. The molecule has 2 heterocycles. The maximum absolute atomic E-state index is 4.51. The van der Waals surface area contributed by atoms with Crippen LogP contribution < -0.4 is 0 Å². The van der Waals surface area contributed by atoms with Gasteiger partial charge in [-0.1, -0.05) is 44.2 Å². The summed E-state index contributed by atoms with van der Waals surface area (Å²) < 4.78 is 2.06. The molecule has 1 fully saturated rings. The summed E-state index contributed by atoms with van der Waals surface area (Å²) in [6.07, 6.45) is 1.69. The molecule has 1 aromatic heterocycles. The van der Waals surface area contributed by atoms with Crippen molar-refractivity contribution in [3.05, 3.63) is 48.0 Å². The quantitative estimate of drug-likeness (QED) is 0.849. The Morgan fingerprint density at radius 1 is 1.17 bits per heavy atom. The second-order valence-corrected chi connectivity index (χ2v) is 6.91. The van der Waals surface area contributed by atoms with E-state index in [0.717, 1.165) is 38.5 Å². The van der Waals surface area contributed by atoms with Crippen LogP contribution in [-0.2, 0) is 13.1 Å². The molecule has 124 valence electrons. The molecule has 0 spiro atoms. The number of benzene rings is 1. The molecule has 1 atom stereocenters. The van der Waals surface area contributed by atoms with Crippen LogP contribution in [0.3, 0.4) is 0 Å². The van der Waals surface area contributed by atoms with Crippen LogP contribution in [-0.4, -0.2) is 51.2 Å². The summed E-state index contributed by atoms with van der Waals surface area (Å²) >= 11 is 0. The van der Waals surface area contributed by atoms with Crippen LogP contribution in [0.2, 0.25) is 0 Å². The van der Waals surface area contributed by atoms with E-state index in [2.05, 4.69) is 75.8 Å². The van der Waals surface area contributed by atoms with Crippen LogP contribution >= 0.6 is 0 Å². The molecule has 0 aliphatic carbocycles. The lowest BCUT2D eigenvalue weighted by molar-refractivity contribution is 0.0795. The Hall–Kier alpha value is -1.72. The molecule has 3 rings (SSSR count). The van der Waals surface area contributed by atoms with E-state index in [0.29, 0.717) is 12.0 Å². The molecule has 0 radical (unpaired) electrons. The molecular formula is C18H27N5. The lowest BCUT2D eigenvalue weighted by Crippen LogP contribution is -2.46. The zero-order chi connectivity index (χ0) is 16.2. The highest BCUT2D eigenvalue weighted by Gasteiger charge is 2.27. The van der Waals surface area contributed by atoms with Crippen LogP contribution in [0.25, 0.3) is 0 Å². The zero-order valence-electron chi connectivity index (χ0n) is 14.4. The third kappa shape index (κ3) is 3.98. The smallest absolute Gasteiger partial charge is 0.141 e. The molecule has 0 unspecified atom stereocenters. The molecular weight excluding hydrogens is 286 g/mol. The Morgan fingerprint density at radius 3 is 2.70 bits per heavy atom. The largest absolute Gasteiger partial charge is 0.303 e. The van der Waals surface area contributed by atoms with E-state index in [4.69, 9.17) is 0 Å². The van der Waals surface area contributed by atoms with Gasteiger partial charge in [0.25, 0.3) is 0 Å². The number of piperazine rings is 1. The van der Waals surface area contributed by atoms with Crippen LogP contribution in [0.15, 0.2) is 36.7 Å². The van der Waals surface area contributed by atoms with Gasteiger partial charge < -0.3 is 4.90 Å². The highest BCUT2D eigenvalue weighted by molar-refractivity contribution is 5.20. The van der Waals surface area contributed by atoms with E-state index in [1.165, 1.54) is 5.56 Å². The maximum Gasteiger partial charge on any atom is 0.141 e. The number of nitrogens with zero attached hydrogens (tertiary/aromatic N) is 5. The fourth-order valence-electron chi connectivity index (χ4n) is 3.23.